The molecular weight excluding hydrogens is 524 g/mol. The van der Waals surface area contributed by atoms with E-state index < -0.39 is 0 Å². The molecule has 212 valence electrons. The Hall–Kier alpha value is -4.89. The van der Waals surface area contributed by atoms with Gasteiger partial charge in [0.1, 0.15) is 17.7 Å². The van der Waals surface area contributed by atoms with E-state index in [0.717, 1.165) is 39.1 Å². The number of rotatable bonds is 5. The SMILES string of the molecule is CC(C)c1ccc2c(-c3nc4ccccc4n3-c3c(-c4ccccc4)cc(C(C)(C)C)cc3-c3ccccc3)coc2c1. The Labute approximate surface area is 253 Å². The molecule has 0 amide bonds. The van der Waals surface area contributed by atoms with E-state index in [9.17, 15) is 0 Å². The molecule has 2 heterocycles. The number of benzene rings is 5. The van der Waals surface area contributed by atoms with Crippen molar-refractivity contribution >= 4 is 22.0 Å². The Kier molecular flexibility index (Phi) is 6.54. The van der Waals surface area contributed by atoms with Gasteiger partial charge in [-0.15, -0.1) is 0 Å². The van der Waals surface area contributed by atoms with Crippen LogP contribution in [-0.4, -0.2) is 9.55 Å². The van der Waals surface area contributed by atoms with E-state index in [4.69, 9.17) is 9.40 Å². The van der Waals surface area contributed by atoms with E-state index in [-0.39, 0.29) is 5.41 Å². The van der Waals surface area contributed by atoms with E-state index in [2.05, 4.69) is 154 Å². The van der Waals surface area contributed by atoms with E-state index in [1.165, 1.54) is 33.4 Å². The number of nitrogens with zero attached hydrogens (tertiary/aromatic N) is 2. The third kappa shape index (κ3) is 4.75. The minimum absolute atomic E-state index is 0.0414. The molecule has 0 unspecified atom stereocenters. The lowest BCUT2D eigenvalue weighted by Gasteiger charge is -2.26. The quantitative estimate of drug-likeness (QED) is 0.210. The number of hydrogen-bond donors (Lipinski definition) is 0. The van der Waals surface area contributed by atoms with Crippen molar-refractivity contribution in [2.45, 2.75) is 46.0 Å². The minimum Gasteiger partial charge on any atom is -0.464 e. The van der Waals surface area contributed by atoms with E-state index >= 15 is 0 Å². The zero-order chi connectivity index (χ0) is 29.7. The summed E-state index contributed by atoms with van der Waals surface area (Å²) in [6.45, 7) is 11.3. The fourth-order valence-corrected chi connectivity index (χ4v) is 5.99. The van der Waals surface area contributed by atoms with Gasteiger partial charge >= 0.3 is 0 Å². The lowest BCUT2D eigenvalue weighted by atomic mass is 9.82. The van der Waals surface area contributed by atoms with Gasteiger partial charge in [-0.2, -0.15) is 0 Å². The normalized spacial score (nSPS) is 12.0. The van der Waals surface area contributed by atoms with Crippen molar-refractivity contribution in [2.24, 2.45) is 0 Å². The highest BCUT2D eigenvalue weighted by molar-refractivity contribution is 5.98. The van der Waals surface area contributed by atoms with Crippen LogP contribution in [0.5, 0.6) is 0 Å². The van der Waals surface area contributed by atoms with Gasteiger partial charge in [-0.3, -0.25) is 4.57 Å². The zero-order valence-electron chi connectivity index (χ0n) is 25.4. The molecule has 0 spiro atoms. The Morgan fingerprint density at radius 2 is 1.28 bits per heavy atom. The second-order valence-corrected chi connectivity index (χ2v) is 12.7. The summed E-state index contributed by atoms with van der Waals surface area (Å²) >= 11 is 0. The summed E-state index contributed by atoms with van der Waals surface area (Å²) in [5, 5.41) is 1.06. The Bertz CT molecular complexity index is 2010. The standard InChI is InChI=1S/C40H36N2O/c1-26(2)29-20-21-31-34(25-43-37(31)22-29)39-41-35-18-12-13-19-36(35)42(39)38-32(27-14-8-6-9-15-27)23-30(40(3,4)5)24-33(38)28-16-10-7-11-17-28/h6-26H,1-5H3. The molecular formula is C40H36N2O. The summed E-state index contributed by atoms with van der Waals surface area (Å²) in [4.78, 5) is 5.28. The molecule has 0 bridgehead atoms. The Morgan fingerprint density at radius 1 is 0.674 bits per heavy atom. The van der Waals surface area contributed by atoms with Gasteiger partial charge in [-0.1, -0.05) is 120 Å². The largest absolute Gasteiger partial charge is 0.464 e. The average Bonchev–Trinajstić information content (AvgIpc) is 3.61. The number of furan rings is 1. The maximum Gasteiger partial charge on any atom is 0.149 e. The van der Waals surface area contributed by atoms with Crippen LogP contribution in [0.4, 0.5) is 0 Å². The van der Waals surface area contributed by atoms with Crippen molar-refractivity contribution in [2.75, 3.05) is 0 Å². The van der Waals surface area contributed by atoms with Crippen LogP contribution in [0.3, 0.4) is 0 Å². The molecule has 0 aliphatic carbocycles. The fourth-order valence-electron chi connectivity index (χ4n) is 5.99. The molecule has 0 N–H and O–H groups in total. The van der Waals surface area contributed by atoms with Crippen LogP contribution >= 0.6 is 0 Å². The third-order valence-electron chi connectivity index (χ3n) is 8.44. The van der Waals surface area contributed by atoms with Crippen LogP contribution in [0, 0.1) is 0 Å². The first-order valence-electron chi connectivity index (χ1n) is 15.1. The van der Waals surface area contributed by atoms with Crippen LogP contribution in [0.15, 0.2) is 126 Å². The number of imidazole rings is 1. The van der Waals surface area contributed by atoms with Crippen molar-refractivity contribution in [3.8, 4) is 39.3 Å². The first-order valence-corrected chi connectivity index (χ1v) is 15.1. The topological polar surface area (TPSA) is 31.0 Å². The van der Waals surface area contributed by atoms with Crippen LogP contribution in [0.1, 0.15) is 51.7 Å². The van der Waals surface area contributed by atoms with Gasteiger partial charge in [0.15, 0.2) is 0 Å². The molecule has 0 aliphatic heterocycles. The summed E-state index contributed by atoms with van der Waals surface area (Å²) in [6, 6.07) is 41.2. The number of aromatic nitrogens is 2. The summed E-state index contributed by atoms with van der Waals surface area (Å²) in [6.07, 6.45) is 1.88. The summed E-state index contributed by atoms with van der Waals surface area (Å²) in [5.74, 6) is 1.29. The lowest BCUT2D eigenvalue weighted by Crippen LogP contribution is -2.13. The van der Waals surface area contributed by atoms with Crippen molar-refractivity contribution in [3.63, 3.8) is 0 Å². The van der Waals surface area contributed by atoms with Crippen molar-refractivity contribution in [1.82, 2.24) is 9.55 Å². The van der Waals surface area contributed by atoms with Crippen LogP contribution in [0.2, 0.25) is 0 Å². The lowest BCUT2D eigenvalue weighted by molar-refractivity contribution is 0.590. The van der Waals surface area contributed by atoms with Gasteiger partial charge in [0.25, 0.3) is 0 Å². The maximum absolute atomic E-state index is 6.22. The predicted molar refractivity (Wildman–Crippen MR) is 180 cm³/mol. The smallest absolute Gasteiger partial charge is 0.149 e. The van der Waals surface area contributed by atoms with Gasteiger partial charge in [0.2, 0.25) is 0 Å². The molecule has 0 fully saturated rings. The first kappa shape index (κ1) is 27.0. The van der Waals surface area contributed by atoms with Gasteiger partial charge in [-0.25, -0.2) is 4.98 Å². The van der Waals surface area contributed by atoms with Crippen molar-refractivity contribution in [1.29, 1.82) is 0 Å². The summed E-state index contributed by atoms with van der Waals surface area (Å²) < 4.78 is 8.58. The van der Waals surface area contributed by atoms with Crippen LogP contribution < -0.4 is 0 Å². The highest BCUT2D eigenvalue weighted by Crippen LogP contribution is 2.44. The van der Waals surface area contributed by atoms with E-state index in [1.54, 1.807) is 0 Å². The molecule has 0 atom stereocenters. The molecule has 5 aromatic carbocycles. The van der Waals surface area contributed by atoms with Gasteiger partial charge in [0.05, 0.1) is 22.3 Å². The molecule has 3 heteroatoms. The molecule has 2 aromatic heterocycles. The van der Waals surface area contributed by atoms with Crippen molar-refractivity contribution in [3.05, 3.63) is 133 Å². The highest BCUT2D eigenvalue weighted by Gasteiger charge is 2.26. The van der Waals surface area contributed by atoms with E-state index in [1.807, 2.05) is 6.26 Å². The maximum atomic E-state index is 6.22. The predicted octanol–water partition coefficient (Wildman–Crippen LogP) is 11.2. The van der Waals surface area contributed by atoms with Crippen molar-refractivity contribution < 1.29 is 4.42 Å². The second kappa shape index (κ2) is 10.4. The Balaban J connectivity index is 1.63. The molecule has 7 aromatic rings. The number of fused-ring (bicyclic) bond motifs is 2. The molecule has 43 heavy (non-hydrogen) atoms. The first-order chi connectivity index (χ1) is 20.8. The third-order valence-corrected chi connectivity index (χ3v) is 8.44. The average molecular weight is 561 g/mol. The van der Waals surface area contributed by atoms with E-state index in [0.29, 0.717) is 5.92 Å². The van der Waals surface area contributed by atoms with Gasteiger partial charge in [-0.05, 0) is 63.9 Å². The second-order valence-electron chi connectivity index (χ2n) is 12.7. The molecule has 3 nitrogen and oxygen atoms in total. The van der Waals surface area contributed by atoms with Gasteiger partial charge < -0.3 is 4.42 Å². The Morgan fingerprint density at radius 3 is 1.88 bits per heavy atom. The summed E-state index contributed by atoms with van der Waals surface area (Å²) in [7, 11) is 0. The van der Waals surface area contributed by atoms with Gasteiger partial charge in [0, 0.05) is 16.5 Å². The zero-order valence-corrected chi connectivity index (χ0v) is 25.4. The number of para-hydroxylation sites is 2. The van der Waals surface area contributed by atoms with Crippen LogP contribution in [0.25, 0.3) is 61.3 Å². The summed E-state index contributed by atoms with van der Waals surface area (Å²) in [5.41, 5.74) is 12.2. The van der Waals surface area contributed by atoms with Crippen LogP contribution in [-0.2, 0) is 5.41 Å². The number of hydrogen-bond acceptors (Lipinski definition) is 2. The minimum atomic E-state index is -0.0414. The molecule has 0 radical (unpaired) electrons. The molecule has 0 saturated heterocycles. The molecule has 7 rings (SSSR count). The molecule has 0 saturated carbocycles. The highest BCUT2D eigenvalue weighted by atomic mass is 16.3. The fraction of sp³-hybridized carbons (Fsp3) is 0.175. The molecule has 0 aliphatic rings. The monoisotopic (exact) mass is 560 g/mol.